The third-order valence-electron chi connectivity index (χ3n) is 4.17. The number of amides is 2. The molecule has 0 spiro atoms. The number of carbonyl (C=O) groups is 2. The zero-order chi connectivity index (χ0) is 15.4. The van der Waals surface area contributed by atoms with Crippen LogP contribution in [0.3, 0.4) is 0 Å². The largest absolute Gasteiger partial charge is 0.343 e. The van der Waals surface area contributed by atoms with Crippen LogP contribution in [0.2, 0.25) is 0 Å². The van der Waals surface area contributed by atoms with E-state index in [-0.39, 0.29) is 17.7 Å². The highest BCUT2D eigenvalue weighted by Crippen LogP contribution is 2.22. The van der Waals surface area contributed by atoms with E-state index in [1.165, 1.54) is 0 Å². The van der Waals surface area contributed by atoms with E-state index in [2.05, 4.69) is 5.32 Å². The monoisotopic (exact) mass is 288 g/mol. The second kappa shape index (κ2) is 6.74. The number of hydrogen-bond donors (Lipinski definition) is 1. The summed E-state index contributed by atoms with van der Waals surface area (Å²) in [6, 6.07) is 6.07. The van der Waals surface area contributed by atoms with Crippen LogP contribution in [0, 0.1) is 19.8 Å². The van der Waals surface area contributed by atoms with Crippen molar-refractivity contribution in [1.29, 1.82) is 0 Å². The van der Waals surface area contributed by atoms with Crippen molar-refractivity contribution in [2.24, 2.45) is 5.92 Å². The van der Waals surface area contributed by atoms with Crippen LogP contribution >= 0.6 is 0 Å². The highest BCUT2D eigenvalue weighted by Gasteiger charge is 2.26. The second-order valence-corrected chi connectivity index (χ2v) is 5.82. The first-order valence-corrected chi connectivity index (χ1v) is 7.67. The Hall–Kier alpha value is -1.84. The van der Waals surface area contributed by atoms with Crippen molar-refractivity contribution in [2.75, 3.05) is 18.4 Å². The van der Waals surface area contributed by atoms with E-state index >= 15 is 0 Å². The summed E-state index contributed by atoms with van der Waals surface area (Å²) in [6.45, 7) is 7.28. The topological polar surface area (TPSA) is 49.4 Å². The second-order valence-electron chi connectivity index (χ2n) is 5.82. The van der Waals surface area contributed by atoms with E-state index in [4.69, 9.17) is 0 Å². The highest BCUT2D eigenvalue weighted by atomic mass is 16.2. The van der Waals surface area contributed by atoms with Crippen molar-refractivity contribution < 1.29 is 9.59 Å². The summed E-state index contributed by atoms with van der Waals surface area (Å²) >= 11 is 0. The zero-order valence-corrected chi connectivity index (χ0v) is 13.1. The van der Waals surface area contributed by atoms with Gasteiger partial charge in [-0.2, -0.15) is 0 Å². The highest BCUT2D eigenvalue weighted by molar-refractivity contribution is 5.93. The number of carbonyl (C=O) groups excluding carboxylic acids is 2. The Morgan fingerprint density at radius 3 is 2.52 bits per heavy atom. The van der Waals surface area contributed by atoms with Gasteiger partial charge in [0.25, 0.3) is 0 Å². The number of nitrogens with one attached hydrogen (secondary N) is 1. The van der Waals surface area contributed by atoms with Crippen LogP contribution in [0.4, 0.5) is 5.69 Å². The number of benzene rings is 1. The summed E-state index contributed by atoms with van der Waals surface area (Å²) in [6.07, 6.45) is 2.05. The van der Waals surface area contributed by atoms with Gasteiger partial charge in [-0.05, 0) is 43.9 Å². The molecule has 114 valence electrons. The first-order valence-electron chi connectivity index (χ1n) is 7.67. The molecule has 1 saturated heterocycles. The molecule has 0 aliphatic carbocycles. The van der Waals surface area contributed by atoms with Crippen LogP contribution in [-0.2, 0) is 9.59 Å². The van der Waals surface area contributed by atoms with E-state index in [1.54, 1.807) is 0 Å². The Bertz CT molecular complexity index is 532. The molecule has 1 N–H and O–H groups in total. The van der Waals surface area contributed by atoms with Gasteiger partial charge in [-0.15, -0.1) is 0 Å². The molecule has 2 amide bonds. The molecule has 4 heteroatoms. The quantitative estimate of drug-likeness (QED) is 0.929. The maximum absolute atomic E-state index is 12.4. The Balaban J connectivity index is 1.93. The van der Waals surface area contributed by atoms with E-state index in [1.807, 2.05) is 43.9 Å². The molecule has 1 fully saturated rings. The molecule has 0 unspecified atom stereocenters. The van der Waals surface area contributed by atoms with Crippen LogP contribution in [0.15, 0.2) is 18.2 Å². The molecule has 1 aliphatic heterocycles. The van der Waals surface area contributed by atoms with Crippen molar-refractivity contribution in [2.45, 2.75) is 40.0 Å². The lowest BCUT2D eigenvalue weighted by Crippen LogP contribution is -2.41. The van der Waals surface area contributed by atoms with Crippen molar-refractivity contribution in [3.05, 3.63) is 29.3 Å². The number of hydrogen-bond acceptors (Lipinski definition) is 2. The van der Waals surface area contributed by atoms with Gasteiger partial charge in [0.05, 0.1) is 0 Å². The molecule has 4 nitrogen and oxygen atoms in total. The molecular weight excluding hydrogens is 264 g/mol. The summed E-state index contributed by atoms with van der Waals surface area (Å²) < 4.78 is 0. The van der Waals surface area contributed by atoms with Crippen molar-refractivity contribution >= 4 is 17.5 Å². The lowest BCUT2D eigenvalue weighted by atomic mass is 9.95. The lowest BCUT2D eigenvalue weighted by molar-refractivity contribution is -0.134. The first-order chi connectivity index (χ1) is 10.0. The molecule has 0 bridgehead atoms. The maximum Gasteiger partial charge on any atom is 0.227 e. The van der Waals surface area contributed by atoms with Gasteiger partial charge in [-0.25, -0.2) is 0 Å². The molecule has 0 radical (unpaired) electrons. The van der Waals surface area contributed by atoms with E-state index < -0.39 is 0 Å². The zero-order valence-electron chi connectivity index (χ0n) is 13.1. The van der Waals surface area contributed by atoms with Gasteiger partial charge in [-0.3, -0.25) is 9.59 Å². The summed E-state index contributed by atoms with van der Waals surface area (Å²) in [4.78, 5) is 25.9. The van der Waals surface area contributed by atoms with Crippen molar-refractivity contribution in [1.82, 2.24) is 4.90 Å². The van der Waals surface area contributed by atoms with Gasteiger partial charge >= 0.3 is 0 Å². The molecule has 1 aromatic carbocycles. The van der Waals surface area contributed by atoms with Gasteiger partial charge in [0.15, 0.2) is 0 Å². The fourth-order valence-electron chi connectivity index (χ4n) is 2.72. The molecule has 1 heterocycles. The smallest absolute Gasteiger partial charge is 0.227 e. The van der Waals surface area contributed by atoms with Crippen LogP contribution in [-0.4, -0.2) is 29.8 Å². The van der Waals surface area contributed by atoms with E-state index in [0.717, 1.165) is 29.7 Å². The number of likely N-dealkylation sites (tertiary alicyclic amines) is 1. The van der Waals surface area contributed by atoms with Gasteiger partial charge in [0.2, 0.25) is 11.8 Å². The van der Waals surface area contributed by atoms with Gasteiger partial charge < -0.3 is 10.2 Å². The number of aryl methyl sites for hydroxylation is 2. The number of piperidine rings is 1. The Labute approximate surface area is 126 Å². The number of anilines is 1. The molecule has 1 aliphatic rings. The maximum atomic E-state index is 12.4. The van der Waals surface area contributed by atoms with Crippen molar-refractivity contribution in [3.8, 4) is 0 Å². The van der Waals surface area contributed by atoms with Crippen LogP contribution < -0.4 is 5.32 Å². The molecule has 2 rings (SSSR count). The normalized spacial score (nSPS) is 15.9. The van der Waals surface area contributed by atoms with E-state index in [9.17, 15) is 9.59 Å². The Kier molecular flexibility index (Phi) is 4.99. The average Bonchev–Trinajstić information content (AvgIpc) is 2.50. The summed E-state index contributed by atoms with van der Waals surface area (Å²) in [5, 5.41) is 3.04. The Morgan fingerprint density at radius 2 is 1.90 bits per heavy atom. The fraction of sp³-hybridized carbons (Fsp3) is 0.529. The molecule has 0 aromatic heterocycles. The SMILES string of the molecule is CCC(=O)N1CCC(C(=O)Nc2cc(C)ccc2C)CC1. The first kappa shape index (κ1) is 15.5. The molecule has 1 aromatic rings. The lowest BCUT2D eigenvalue weighted by Gasteiger charge is -2.31. The third-order valence-corrected chi connectivity index (χ3v) is 4.17. The number of rotatable bonds is 3. The van der Waals surface area contributed by atoms with Gasteiger partial charge in [0, 0.05) is 31.1 Å². The van der Waals surface area contributed by atoms with Crippen molar-refractivity contribution in [3.63, 3.8) is 0 Å². The van der Waals surface area contributed by atoms with Crippen LogP contribution in [0.5, 0.6) is 0 Å². The van der Waals surface area contributed by atoms with E-state index in [0.29, 0.717) is 19.5 Å². The van der Waals surface area contributed by atoms with Gasteiger partial charge in [0.1, 0.15) is 0 Å². The Morgan fingerprint density at radius 1 is 1.24 bits per heavy atom. The average molecular weight is 288 g/mol. The third kappa shape index (κ3) is 3.84. The van der Waals surface area contributed by atoms with Crippen LogP contribution in [0.25, 0.3) is 0 Å². The minimum absolute atomic E-state index is 0.00539. The minimum Gasteiger partial charge on any atom is -0.343 e. The molecular formula is C17H24N2O2. The predicted octanol–water partition coefficient (Wildman–Crippen LogP) is 2.89. The summed E-state index contributed by atoms with van der Waals surface area (Å²) in [5.41, 5.74) is 3.11. The van der Waals surface area contributed by atoms with Crippen LogP contribution in [0.1, 0.15) is 37.3 Å². The molecule has 0 saturated carbocycles. The predicted molar refractivity (Wildman–Crippen MR) is 84.1 cm³/mol. The molecule has 21 heavy (non-hydrogen) atoms. The standard InChI is InChI=1S/C17H24N2O2/c1-4-16(20)19-9-7-14(8-10-19)17(21)18-15-11-12(2)5-6-13(15)3/h5-6,11,14H,4,7-10H2,1-3H3,(H,18,21). The minimum atomic E-state index is 0.00539. The fourth-order valence-corrected chi connectivity index (χ4v) is 2.72. The van der Waals surface area contributed by atoms with Gasteiger partial charge in [-0.1, -0.05) is 19.1 Å². The summed E-state index contributed by atoms with van der Waals surface area (Å²) in [7, 11) is 0. The summed E-state index contributed by atoms with van der Waals surface area (Å²) in [5.74, 6) is 0.265. The number of nitrogens with zero attached hydrogens (tertiary/aromatic N) is 1. The molecule has 0 atom stereocenters.